The van der Waals surface area contributed by atoms with E-state index in [1.807, 2.05) is 30.3 Å². The molecule has 3 rings (SSSR count). The summed E-state index contributed by atoms with van der Waals surface area (Å²) in [4.78, 5) is 49.3. The highest BCUT2D eigenvalue weighted by molar-refractivity contribution is 6.33. The highest BCUT2D eigenvalue weighted by Crippen LogP contribution is 2.22. The highest BCUT2D eigenvalue weighted by Gasteiger charge is 2.34. The smallest absolute Gasteiger partial charge is 0.374 e. The molecule has 0 bridgehead atoms. The molecule has 144 valence electrons. The van der Waals surface area contributed by atoms with Gasteiger partial charge < -0.3 is 4.74 Å². The molecule has 0 unspecified atom stereocenters. The van der Waals surface area contributed by atoms with Crippen LogP contribution in [0.15, 0.2) is 54.6 Å². The predicted octanol–water partition coefficient (Wildman–Crippen LogP) is 3.16. The number of ketones is 1. The van der Waals surface area contributed by atoms with Crippen molar-refractivity contribution < 1.29 is 23.9 Å². The second-order valence-electron chi connectivity index (χ2n) is 6.60. The average Bonchev–Trinajstić information content (AvgIpc) is 2.97. The minimum atomic E-state index is -0.829. The maximum atomic E-state index is 12.2. The zero-order valence-electron chi connectivity index (χ0n) is 15.4. The van der Waals surface area contributed by atoms with Crippen molar-refractivity contribution in [2.45, 2.75) is 32.3 Å². The molecule has 0 N–H and O–H groups in total. The highest BCUT2D eigenvalue weighted by atomic mass is 16.5. The Kier molecular flexibility index (Phi) is 6.32. The van der Waals surface area contributed by atoms with Gasteiger partial charge >= 0.3 is 5.97 Å². The molecule has 2 aromatic carbocycles. The van der Waals surface area contributed by atoms with E-state index >= 15 is 0 Å². The molecule has 28 heavy (non-hydrogen) atoms. The average molecular weight is 379 g/mol. The number of ether oxygens (including phenoxy) is 1. The van der Waals surface area contributed by atoms with Crippen LogP contribution in [0.25, 0.3) is 0 Å². The number of fused-ring (bicyclic) bond motifs is 1. The van der Waals surface area contributed by atoms with Crippen molar-refractivity contribution in [2.75, 3.05) is 6.54 Å². The van der Waals surface area contributed by atoms with Crippen molar-refractivity contribution in [1.82, 2.24) is 4.90 Å². The summed E-state index contributed by atoms with van der Waals surface area (Å²) in [6.07, 6.45) is 1.81. The van der Waals surface area contributed by atoms with Gasteiger partial charge in [0.2, 0.25) is 5.78 Å². The van der Waals surface area contributed by atoms with Gasteiger partial charge in [0.15, 0.2) is 0 Å². The molecule has 0 radical (unpaired) electrons. The van der Waals surface area contributed by atoms with Crippen LogP contribution in [0.2, 0.25) is 0 Å². The standard InChI is InChI=1S/C22H21NO5/c24-19(22(27)28-15-16-9-3-1-4-10-16)13-5-2-8-14-23-20(25)17-11-6-7-12-18(17)21(23)26/h1,3-4,6-7,9-12H,2,5,8,13-15H2. The zero-order chi connectivity index (χ0) is 19.9. The van der Waals surface area contributed by atoms with E-state index in [2.05, 4.69) is 0 Å². The Balaban J connectivity index is 1.35. The third kappa shape index (κ3) is 4.52. The summed E-state index contributed by atoms with van der Waals surface area (Å²) in [5.41, 5.74) is 1.69. The van der Waals surface area contributed by atoms with Gasteiger partial charge in [-0.2, -0.15) is 0 Å². The third-order valence-corrected chi connectivity index (χ3v) is 4.60. The molecule has 2 amide bonds. The number of benzene rings is 2. The predicted molar refractivity (Wildman–Crippen MR) is 102 cm³/mol. The van der Waals surface area contributed by atoms with Gasteiger partial charge in [0.1, 0.15) is 6.61 Å². The Morgan fingerprint density at radius 3 is 2.04 bits per heavy atom. The molecule has 1 aliphatic heterocycles. The summed E-state index contributed by atoms with van der Waals surface area (Å²) in [5.74, 6) is -1.94. The molecule has 0 aromatic heterocycles. The van der Waals surface area contributed by atoms with Crippen molar-refractivity contribution in [1.29, 1.82) is 0 Å². The van der Waals surface area contributed by atoms with Gasteiger partial charge in [0.05, 0.1) is 11.1 Å². The molecule has 0 saturated carbocycles. The first kappa shape index (κ1) is 19.5. The molecular formula is C22H21NO5. The van der Waals surface area contributed by atoms with Crippen molar-refractivity contribution >= 4 is 23.6 Å². The zero-order valence-corrected chi connectivity index (χ0v) is 15.4. The molecule has 1 aliphatic rings. The minimum absolute atomic E-state index is 0.0746. The Morgan fingerprint density at radius 2 is 1.39 bits per heavy atom. The normalized spacial score (nSPS) is 12.8. The largest absolute Gasteiger partial charge is 0.455 e. The van der Waals surface area contributed by atoms with Crippen molar-refractivity contribution in [2.24, 2.45) is 0 Å². The number of carbonyl (C=O) groups excluding carboxylic acids is 4. The fraction of sp³-hybridized carbons (Fsp3) is 0.273. The molecule has 0 spiro atoms. The van der Waals surface area contributed by atoms with Crippen LogP contribution >= 0.6 is 0 Å². The van der Waals surface area contributed by atoms with Gasteiger partial charge in [-0.25, -0.2) is 4.79 Å². The molecular weight excluding hydrogens is 358 g/mol. The number of rotatable bonds is 9. The molecule has 2 aromatic rings. The van der Waals surface area contributed by atoms with Gasteiger partial charge in [-0.15, -0.1) is 0 Å². The van der Waals surface area contributed by atoms with Crippen LogP contribution in [-0.4, -0.2) is 35.0 Å². The summed E-state index contributed by atoms with van der Waals surface area (Å²) in [5, 5.41) is 0. The van der Waals surface area contributed by atoms with Crippen molar-refractivity contribution in [3.63, 3.8) is 0 Å². The number of carbonyl (C=O) groups is 4. The van der Waals surface area contributed by atoms with Crippen LogP contribution in [0, 0.1) is 0 Å². The summed E-state index contributed by atoms with van der Waals surface area (Å²) < 4.78 is 5.01. The van der Waals surface area contributed by atoms with E-state index < -0.39 is 11.8 Å². The van der Waals surface area contributed by atoms with E-state index in [1.165, 1.54) is 4.90 Å². The molecule has 1 heterocycles. The topological polar surface area (TPSA) is 80.8 Å². The number of hydrogen-bond donors (Lipinski definition) is 0. The minimum Gasteiger partial charge on any atom is -0.455 e. The first-order valence-corrected chi connectivity index (χ1v) is 9.27. The fourth-order valence-corrected chi connectivity index (χ4v) is 3.08. The molecule has 0 aliphatic carbocycles. The second kappa shape index (κ2) is 9.08. The number of esters is 1. The number of hydrogen-bond acceptors (Lipinski definition) is 5. The van der Waals surface area contributed by atoms with Crippen molar-refractivity contribution in [3.8, 4) is 0 Å². The van der Waals surface area contributed by atoms with Gasteiger partial charge in [-0.3, -0.25) is 19.3 Å². The summed E-state index contributed by atoms with van der Waals surface area (Å²) >= 11 is 0. The lowest BCUT2D eigenvalue weighted by Gasteiger charge is -2.13. The first-order chi connectivity index (χ1) is 13.6. The monoisotopic (exact) mass is 379 g/mol. The van der Waals surface area contributed by atoms with E-state index in [-0.39, 0.29) is 24.8 Å². The molecule has 6 heteroatoms. The summed E-state index contributed by atoms with van der Waals surface area (Å²) in [6.45, 7) is 0.379. The number of amides is 2. The van der Waals surface area contributed by atoms with E-state index in [0.717, 1.165) is 5.56 Å². The van der Waals surface area contributed by atoms with Crippen molar-refractivity contribution in [3.05, 3.63) is 71.3 Å². The number of unbranched alkanes of at least 4 members (excludes halogenated alkanes) is 2. The van der Waals surface area contributed by atoms with Crippen LogP contribution < -0.4 is 0 Å². The van der Waals surface area contributed by atoms with E-state index in [9.17, 15) is 19.2 Å². The lowest BCUT2D eigenvalue weighted by atomic mass is 10.1. The third-order valence-electron chi connectivity index (χ3n) is 4.60. The Bertz CT molecular complexity index is 856. The van der Waals surface area contributed by atoms with Crippen LogP contribution in [0.4, 0.5) is 0 Å². The summed E-state index contributed by atoms with van der Waals surface area (Å²) in [6, 6.07) is 15.9. The summed E-state index contributed by atoms with van der Waals surface area (Å²) in [7, 11) is 0. The van der Waals surface area contributed by atoms with Gasteiger partial charge in [-0.1, -0.05) is 48.9 Å². The molecule has 0 saturated heterocycles. The Morgan fingerprint density at radius 1 is 0.786 bits per heavy atom. The molecule has 6 nitrogen and oxygen atoms in total. The van der Waals surface area contributed by atoms with E-state index in [4.69, 9.17) is 4.74 Å². The number of imide groups is 1. The quantitative estimate of drug-likeness (QED) is 0.289. The lowest BCUT2D eigenvalue weighted by Crippen LogP contribution is -2.30. The Labute approximate surface area is 163 Å². The van der Waals surface area contributed by atoms with Crippen LogP contribution in [0.3, 0.4) is 0 Å². The maximum Gasteiger partial charge on any atom is 0.374 e. The van der Waals surface area contributed by atoms with Crippen LogP contribution in [0.1, 0.15) is 52.0 Å². The maximum absolute atomic E-state index is 12.2. The fourth-order valence-electron chi connectivity index (χ4n) is 3.08. The van der Waals surface area contributed by atoms with Crippen LogP contribution in [-0.2, 0) is 20.9 Å². The molecule has 0 fully saturated rings. The van der Waals surface area contributed by atoms with E-state index in [0.29, 0.717) is 36.9 Å². The van der Waals surface area contributed by atoms with Gasteiger partial charge in [-0.05, 0) is 30.5 Å². The lowest BCUT2D eigenvalue weighted by molar-refractivity contribution is -0.154. The SMILES string of the molecule is O=C(CCCCCN1C(=O)c2ccccc2C1=O)C(=O)OCc1ccccc1. The number of Topliss-reactive ketones (excluding diaryl/α,β-unsaturated/α-hetero) is 1. The number of nitrogens with zero attached hydrogens (tertiary/aromatic N) is 1. The first-order valence-electron chi connectivity index (χ1n) is 9.27. The molecule has 0 atom stereocenters. The van der Waals surface area contributed by atoms with Gasteiger partial charge in [0.25, 0.3) is 11.8 Å². The second-order valence-corrected chi connectivity index (χ2v) is 6.60. The van der Waals surface area contributed by atoms with Crippen LogP contribution in [0.5, 0.6) is 0 Å². The van der Waals surface area contributed by atoms with E-state index in [1.54, 1.807) is 24.3 Å². The van der Waals surface area contributed by atoms with Gasteiger partial charge in [0, 0.05) is 13.0 Å². The Hall–Kier alpha value is -3.28.